The molecule has 0 aromatic heterocycles. The van der Waals surface area contributed by atoms with Crippen molar-refractivity contribution in [3.63, 3.8) is 0 Å². The van der Waals surface area contributed by atoms with Gasteiger partial charge in [0.15, 0.2) is 0 Å². The van der Waals surface area contributed by atoms with Crippen LogP contribution < -0.4 is 5.32 Å². The van der Waals surface area contributed by atoms with E-state index in [4.69, 9.17) is 5.11 Å². The summed E-state index contributed by atoms with van der Waals surface area (Å²) in [7, 11) is -3.67. The van der Waals surface area contributed by atoms with Crippen LogP contribution in [0.3, 0.4) is 0 Å². The molecule has 1 rings (SSSR count). The van der Waals surface area contributed by atoms with Crippen molar-refractivity contribution in [3.05, 3.63) is 48.6 Å². The molecule has 0 aliphatic carbocycles. The zero-order valence-electron chi connectivity index (χ0n) is 10.2. The molecule has 1 unspecified atom stereocenters. The molecular formula is C12H15BF3NO2. The fourth-order valence-electron chi connectivity index (χ4n) is 1.32. The Kier molecular flexibility index (Phi) is 9.25. The lowest BCUT2D eigenvalue weighted by molar-refractivity contribution is -0.139. The molecule has 1 aromatic rings. The van der Waals surface area contributed by atoms with Crippen molar-refractivity contribution in [2.75, 3.05) is 6.54 Å². The molecule has 0 saturated heterocycles. The lowest BCUT2D eigenvalue weighted by atomic mass is 10.1. The molecule has 3 nitrogen and oxygen atoms in total. The smallest absolute Gasteiger partial charge is 0.480 e. The topological polar surface area (TPSA) is 49.3 Å². The summed E-state index contributed by atoms with van der Waals surface area (Å²) < 4.78 is 29.0. The standard InChI is InChI=1S/C12H15NO2.BF3/c1-2-8-13-11(12(14)15)9-10-6-4-3-5-7-10;2-1(3)4/h2-7,11,13H,1,8-9H2,(H,14,15);. The van der Waals surface area contributed by atoms with E-state index in [1.165, 1.54) is 0 Å². The van der Waals surface area contributed by atoms with Crippen molar-refractivity contribution >= 4 is 13.5 Å². The Morgan fingerprint density at radius 1 is 1.37 bits per heavy atom. The molecule has 0 saturated carbocycles. The van der Waals surface area contributed by atoms with Crippen LogP contribution in [-0.4, -0.2) is 31.2 Å². The SMILES string of the molecule is C=CCNC(Cc1ccccc1)C(=O)O.FB(F)F. The molecule has 0 heterocycles. The molecule has 104 valence electrons. The van der Waals surface area contributed by atoms with Gasteiger partial charge in [0.05, 0.1) is 0 Å². The minimum absolute atomic E-state index is 0.490. The molecule has 1 atom stereocenters. The molecule has 7 heteroatoms. The Balaban J connectivity index is 0.000000711. The first-order valence-electron chi connectivity index (χ1n) is 5.50. The highest BCUT2D eigenvalue weighted by atomic mass is 19.4. The fraction of sp³-hybridized carbons (Fsp3) is 0.250. The summed E-state index contributed by atoms with van der Waals surface area (Å²) in [4.78, 5) is 10.9. The molecule has 0 aliphatic rings. The van der Waals surface area contributed by atoms with Crippen molar-refractivity contribution < 1.29 is 22.8 Å². The summed E-state index contributed by atoms with van der Waals surface area (Å²) in [5.74, 6) is -0.833. The molecule has 0 amide bonds. The fourth-order valence-corrected chi connectivity index (χ4v) is 1.32. The van der Waals surface area contributed by atoms with Gasteiger partial charge in [-0.25, -0.2) is 0 Å². The monoisotopic (exact) mass is 273 g/mol. The number of hydrogen-bond acceptors (Lipinski definition) is 2. The normalized spacial score (nSPS) is 10.9. The van der Waals surface area contributed by atoms with Gasteiger partial charge in [-0.1, -0.05) is 36.4 Å². The second-order valence-electron chi connectivity index (χ2n) is 3.52. The second kappa shape index (κ2) is 10.2. The van der Waals surface area contributed by atoms with E-state index in [9.17, 15) is 17.7 Å². The Bertz CT molecular complexity index is 374. The molecule has 1 aromatic carbocycles. The second-order valence-corrected chi connectivity index (χ2v) is 3.52. The van der Waals surface area contributed by atoms with Crippen LogP contribution in [0.4, 0.5) is 12.9 Å². The molecule has 19 heavy (non-hydrogen) atoms. The first kappa shape index (κ1) is 17.2. The van der Waals surface area contributed by atoms with Gasteiger partial charge in [0, 0.05) is 6.54 Å². The number of benzene rings is 1. The van der Waals surface area contributed by atoms with E-state index in [1.807, 2.05) is 30.3 Å². The van der Waals surface area contributed by atoms with Crippen LogP contribution in [0.25, 0.3) is 0 Å². The highest BCUT2D eigenvalue weighted by Gasteiger charge is 2.15. The minimum Gasteiger partial charge on any atom is -0.480 e. The Hall–Kier alpha value is -1.76. The molecule has 0 fully saturated rings. The van der Waals surface area contributed by atoms with Crippen molar-refractivity contribution in [2.24, 2.45) is 0 Å². The van der Waals surface area contributed by atoms with E-state index in [2.05, 4.69) is 11.9 Å². The number of carboxylic acid groups (broad SMARTS) is 1. The third-order valence-electron chi connectivity index (χ3n) is 2.09. The lowest BCUT2D eigenvalue weighted by Gasteiger charge is -2.12. The van der Waals surface area contributed by atoms with Crippen LogP contribution in [-0.2, 0) is 11.2 Å². The number of carbonyl (C=O) groups is 1. The van der Waals surface area contributed by atoms with Crippen molar-refractivity contribution in [2.45, 2.75) is 12.5 Å². The van der Waals surface area contributed by atoms with Crippen molar-refractivity contribution in [3.8, 4) is 0 Å². The number of hydrogen-bond donors (Lipinski definition) is 2. The molecule has 0 radical (unpaired) electrons. The van der Waals surface area contributed by atoms with Gasteiger partial charge in [-0.3, -0.25) is 17.7 Å². The van der Waals surface area contributed by atoms with Crippen LogP contribution in [0.5, 0.6) is 0 Å². The molecule has 2 N–H and O–H groups in total. The third kappa shape index (κ3) is 9.90. The average molecular weight is 273 g/mol. The summed E-state index contributed by atoms with van der Waals surface area (Å²) in [6, 6.07) is 9.02. The van der Waals surface area contributed by atoms with Gasteiger partial charge >= 0.3 is 13.5 Å². The third-order valence-corrected chi connectivity index (χ3v) is 2.09. The predicted molar refractivity (Wildman–Crippen MR) is 68.8 cm³/mol. The maximum atomic E-state index is 10.9. The predicted octanol–water partition coefficient (Wildman–Crippen LogP) is 2.34. The van der Waals surface area contributed by atoms with Gasteiger partial charge in [0.2, 0.25) is 0 Å². The van der Waals surface area contributed by atoms with Crippen LogP contribution >= 0.6 is 0 Å². The maximum Gasteiger partial charge on any atom is 0.762 e. The van der Waals surface area contributed by atoms with Crippen molar-refractivity contribution in [1.29, 1.82) is 0 Å². The minimum atomic E-state index is -3.67. The number of nitrogens with one attached hydrogen (secondary N) is 1. The number of halogens is 3. The van der Waals surface area contributed by atoms with Crippen molar-refractivity contribution in [1.82, 2.24) is 5.32 Å². The number of rotatable bonds is 6. The quantitative estimate of drug-likeness (QED) is 0.617. The maximum absolute atomic E-state index is 10.9. The van der Waals surface area contributed by atoms with Crippen LogP contribution in [0.1, 0.15) is 5.56 Å². The van der Waals surface area contributed by atoms with Crippen LogP contribution in [0, 0.1) is 0 Å². The summed E-state index contributed by atoms with van der Waals surface area (Å²) in [6.45, 7) is 4.05. The number of carboxylic acids is 1. The van der Waals surface area contributed by atoms with Gasteiger partial charge in [0.25, 0.3) is 0 Å². The summed E-state index contributed by atoms with van der Waals surface area (Å²) >= 11 is 0. The Labute approximate surface area is 110 Å². The van der Waals surface area contributed by atoms with E-state index in [0.717, 1.165) is 5.56 Å². The van der Waals surface area contributed by atoms with E-state index in [1.54, 1.807) is 6.08 Å². The first-order valence-corrected chi connectivity index (χ1v) is 5.50. The molecule has 0 bridgehead atoms. The molecule has 0 aliphatic heterocycles. The van der Waals surface area contributed by atoms with Gasteiger partial charge in [-0.15, -0.1) is 6.58 Å². The summed E-state index contributed by atoms with van der Waals surface area (Å²) in [5.41, 5.74) is 1.02. The lowest BCUT2D eigenvalue weighted by Crippen LogP contribution is -2.38. The number of aliphatic carboxylic acids is 1. The highest BCUT2D eigenvalue weighted by Crippen LogP contribution is 2.03. The molecule has 0 spiro atoms. The first-order chi connectivity index (χ1) is 8.97. The van der Waals surface area contributed by atoms with E-state index in [0.29, 0.717) is 13.0 Å². The zero-order chi connectivity index (χ0) is 14.7. The average Bonchev–Trinajstić information content (AvgIpc) is 2.34. The summed E-state index contributed by atoms with van der Waals surface area (Å²) in [5, 5.41) is 11.9. The van der Waals surface area contributed by atoms with Crippen LogP contribution in [0.15, 0.2) is 43.0 Å². The van der Waals surface area contributed by atoms with Gasteiger partial charge in [-0.05, 0) is 12.0 Å². The molecular weight excluding hydrogens is 258 g/mol. The largest absolute Gasteiger partial charge is 0.762 e. The van der Waals surface area contributed by atoms with E-state index in [-0.39, 0.29) is 0 Å². The Morgan fingerprint density at radius 2 is 1.89 bits per heavy atom. The highest BCUT2D eigenvalue weighted by molar-refractivity contribution is 6.33. The van der Waals surface area contributed by atoms with Gasteiger partial charge < -0.3 is 10.4 Å². The van der Waals surface area contributed by atoms with E-state index < -0.39 is 19.6 Å². The Morgan fingerprint density at radius 3 is 2.32 bits per heavy atom. The summed E-state index contributed by atoms with van der Waals surface area (Å²) in [6.07, 6.45) is 2.14. The van der Waals surface area contributed by atoms with Crippen LogP contribution in [0.2, 0.25) is 0 Å². The zero-order valence-corrected chi connectivity index (χ0v) is 10.2. The van der Waals surface area contributed by atoms with Gasteiger partial charge in [-0.2, -0.15) is 0 Å². The van der Waals surface area contributed by atoms with Gasteiger partial charge in [0.1, 0.15) is 6.04 Å². The van der Waals surface area contributed by atoms with E-state index >= 15 is 0 Å².